The van der Waals surface area contributed by atoms with Crippen LogP contribution < -0.4 is 0 Å². The van der Waals surface area contributed by atoms with Crippen molar-refractivity contribution in [3.63, 3.8) is 0 Å². The molecule has 0 aliphatic rings. The number of aliphatic hydroxyl groups is 3. The molecule has 13 nitrogen and oxygen atoms in total. The number of hydrogen-bond donors (Lipinski definition) is 3. The van der Waals surface area contributed by atoms with Crippen LogP contribution >= 0.6 is 0 Å². The van der Waals surface area contributed by atoms with Gasteiger partial charge in [0, 0.05) is 59.6 Å². The fourth-order valence-electron chi connectivity index (χ4n) is 3.28. The molecule has 0 heterocycles. The summed E-state index contributed by atoms with van der Waals surface area (Å²) in [6, 6.07) is 0. The number of hydrogen-bond acceptors (Lipinski definition) is 13. The maximum absolute atomic E-state index is 8.81. The molecule has 0 radical (unpaired) electrons. The summed E-state index contributed by atoms with van der Waals surface area (Å²) in [4.78, 5) is 14.7. The van der Waals surface area contributed by atoms with Crippen molar-refractivity contribution in [3.8, 4) is 0 Å². The van der Waals surface area contributed by atoms with Crippen molar-refractivity contribution in [2.24, 2.45) is 0 Å². The van der Waals surface area contributed by atoms with E-state index in [-0.39, 0.29) is 19.8 Å². The van der Waals surface area contributed by atoms with E-state index >= 15 is 0 Å². The Morgan fingerprint density at radius 3 is 1.16 bits per heavy atom. The molecule has 0 saturated heterocycles. The molecule has 0 fully saturated rings. The minimum atomic E-state index is 0.0180. The number of rotatable bonds is 33. The topological polar surface area (TPSA) is 141 Å². The summed E-state index contributed by atoms with van der Waals surface area (Å²) in [6.07, 6.45) is 1.79. The quantitative estimate of drug-likeness (QED) is 0.0517. The lowest BCUT2D eigenvalue weighted by Crippen LogP contribution is -2.33. The minimum absolute atomic E-state index is 0.0180. The Hall–Kier alpha value is -0.520. The van der Waals surface area contributed by atoms with Gasteiger partial charge in [-0.15, -0.1) is 0 Å². The zero-order valence-corrected chi connectivity index (χ0v) is 23.5. The summed E-state index contributed by atoms with van der Waals surface area (Å²) in [5, 5.41) is 26.4. The molecule has 13 heteroatoms. The van der Waals surface area contributed by atoms with Crippen molar-refractivity contribution in [1.82, 2.24) is 9.80 Å². The fraction of sp³-hybridized carbons (Fsp3) is 1.00. The molecule has 0 saturated carbocycles. The molecule has 3 N–H and O–H groups in total. The van der Waals surface area contributed by atoms with E-state index in [1.807, 2.05) is 0 Å². The zero-order valence-electron chi connectivity index (χ0n) is 23.5. The highest BCUT2D eigenvalue weighted by Gasteiger charge is 2.06. The van der Waals surface area contributed by atoms with Crippen LogP contribution in [0.1, 0.15) is 12.8 Å². The van der Waals surface area contributed by atoms with Crippen molar-refractivity contribution in [2.45, 2.75) is 12.8 Å². The van der Waals surface area contributed by atoms with Gasteiger partial charge in [0.15, 0.2) is 0 Å². The van der Waals surface area contributed by atoms with E-state index in [4.69, 9.17) is 53.5 Å². The van der Waals surface area contributed by atoms with E-state index < -0.39 is 0 Å². The predicted octanol–water partition coefficient (Wildman–Crippen LogP) is -0.975. The van der Waals surface area contributed by atoms with E-state index in [1.54, 1.807) is 7.11 Å². The third-order valence-electron chi connectivity index (χ3n) is 5.21. The lowest BCUT2D eigenvalue weighted by molar-refractivity contribution is -0.303. The van der Waals surface area contributed by atoms with Crippen LogP contribution in [0.5, 0.6) is 0 Å². The second kappa shape index (κ2) is 32.7. The van der Waals surface area contributed by atoms with Gasteiger partial charge in [-0.25, -0.2) is 9.78 Å². The SMILES string of the molecule is COCCCN(CCOCCO)CCOCCOOCCOCCCN(CCOCCO)CCOCCO. The first-order valence-electron chi connectivity index (χ1n) is 13.7. The summed E-state index contributed by atoms with van der Waals surface area (Å²) in [6.45, 7) is 11.0. The highest BCUT2D eigenvalue weighted by Crippen LogP contribution is 1.96. The van der Waals surface area contributed by atoms with Crippen LogP contribution in [0.25, 0.3) is 0 Å². The Morgan fingerprint density at radius 2 is 0.763 bits per heavy atom. The summed E-state index contributed by atoms with van der Waals surface area (Å²) in [5.41, 5.74) is 0. The van der Waals surface area contributed by atoms with Crippen molar-refractivity contribution in [3.05, 3.63) is 0 Å². The van der Waals surface area contributed by atoms with Crippen LogP contribution in [0, 0.1) is 0 Å². The molecule has 0 amide bonds. The van der Waals surface area contributed by atoms with E-state index in [9.17, 15) is 0 Å². The number of aliphatic hydroxyl groups excluding tert-OH is 3. The Balaban J connectivity index is 3.68. The Bertz CT molecular complexity index is 430. The van der Waals surface area contributed by atoms with E-state index in [1.165, 1.54) is 0 Å². The van der Waals surface area contributed by atoms with Crippen LogP contribution in [-0.4, -0.2) is 177 Å². The molecule has 0 aliphatic carbocycles. The van der Waals surface area contributed by atoms with Crippen molar-refractivity contribution < 1.29 is 53.5 Å². The first kappa shape index (κ1) is 37.5. The normalized spacial score (nSPS) is 11.8. The molecule has 0 unspecified atom stereocenters. The average Bonchev–Trinajstić information content (AvgIpc) is 2.93. The van der Waals surface area contributed by atoms with Crippen molar-refractivity contribution in [1.29, 1.82) is 0 Å². The number of nitrogens with zero attached hydrogens (tertiary/aromatic N) is 2. The molecule has 0 spiro atoms. The second-order valence-corrected chi connectivity index (χ2v) is 8.26. The maximum Gasteiger partial charge on any atom is 0.106 e. The van der Waals surface area contributed by atoms with Crippen LogP contribution in [0.4, 0.5) is 0 Å². The highest BCUT2D eigenvalue weighted by atomic mass is 17.2. The lowest BCUT2D eigenvalue weighted by atomic mass is 10.4. The van der Waals surface area contributed by atoms with E-state index in [0.717, 1.165) is 52.1 Å². The van der Waals surface area contributed by atoms with Gasteiger partial charge in [-0.05, 0) is 12.8 Å². The zero-order chi connectivity index (χ0) is 27.8. The van der Waals surface area contributed by atoms with Gasteiger partial charge >= 0.3 is 0 Å². The van der Waals surface area contributed by atoms with Gasteiger partial charge in [-0.3, -0.25) is 9.80 Å². The van der Waals surface area contributed by atoms with Gasteiger partial charge in [-0.1, -0.05) is 0 Å². The van der Waals surface area contributed by atoms with Crippen molar-refractivity contribution >= 4 is 0 Å². The van der Waals surface area contributed by atoms with Gasteiger partial charge < -0.3 is 43.7 Å². The summed E-state index contributed by atoms with van der Waals surface area (Å²) < 4.78 is 32.4. The number of ether oxygens (including phenoxy) is 6. The second-order valence-electron chi connectivity index (χ2n) is 8.26. The molecule has 0 aromatic carbocycles. The number of methoxy groups -OCH3 is 1. The predicted molar refractivity (Wildman–Crippen MR) is 141 cm³/mol. The van der Waals surface area contributed by atoms with Gasteiger partial charge in [0.2, 0.25) is 0 Å². The molecule has 0 aliphatic heterocycles. The van der Waals surface area contributed by atoms with E-state index in [2.05, 4.69) is 9.80 Å². The van der Waals surface area contributed by atoms with Crippen LogP contribution in [0.3, 0.4) is 0 Å². The standard InChI is InChI=1S/C25H54N2O11/c1-31-13-2-4-26(6-15-33-19-10-28)9-18-36-23-25-38-37-24-22-32-14-3-5-27(7-16-34-20-11-29)8-17-35-21-12-30/h28-30H,2-25H2,1H3. The van der Waals surface area contributed by atoms with Gasteiger partial charge in [0.25, 0.3) is 0 Å². The summed E-state index contributed by atoms with van der Waals surface area (Å²) >= 11 is 0. The Morgan fingerprint density at radius 1 is 0.395 bits per heavy atom. The van der Waals surface area contributed by atoms with Gasteiger partial charge in [-0.2, -0.15) is 0 Å². The monoisotopic (exact) mass is 558 g/mol. The maximum atomic E-state index is 8.81. The fourth-order valence-corrected chi connectivity index (χ4v) is 3.28. The molecular weight excluding hydrogens is 504 g/mol. The largest absolute Gasteiger partial charge is 0.394 e. The molecule has 0 bridgehead atoms. The van der Waals surface area contributed by atoms with Crippen LogP contribution in [0.2, 0.25) is 0 Å². The Kier molecular flexibility index (Phi) is 32.2. The molecule has 0 aromatic rings. The van der Waals surface area contributed by atoms with Gasteiger partial charge in [0.1, 0.15) is 13.2 Å². The Labute approximate surface area is 228 Å². The molecule has 0 rings (SSSR count). The third kappa shape index (κ3) is 28.5. The molecule has 38 heavy (non-hydrogen) atoms. The highest BCUT2D eigenvalue weighted by molar-refractivity contribution is 4.58. The first-order valence-corrected chi connectivity index (χ1v) is 13.7. The molecular formula is C25H54N2O11. The minimum Gasteiger partial charge on any atom is -0.394 e. The molecule has 230 valence electrons. The molecule has 0 aromatic heterocycles. The van der Waals surface area contributed by atoms with Crippen LogP contribution in [0.15, 0.2) is 0 Å². The summed E-state index contributed by atoms with van der Waals surface area (Å²) in [7, 11) is 1.70. The smallest absolute Gasteiger partial charge is 0.106 e. The molecule has 0 atom stereocenters. The first-order chi connectivity index (χ1) is 18.8. The van der Waals surface area contributed by atoms with Crippen molar-refractivity contribution in [2.75, 3.05) is 152 Å². The lowest BCUT2D eigenvalue weighted by Gasteiger charge is -2.22. The van der Waals surface area contributed by atoms with E-state index in [0.29, 0.717) is 85.9 Å². The summed E-state index contributed by atoms with van der Waals surface area (Å²) in [5.74, 6) is 0. The van der Waals surface area contributed by atoms with Crippen LogP contribution in [-0.2, 0) is 38.2 Å². The van der Waals surface area contributed by atoms with Gasteiger partial charge in [0.05, 0.1) is 79.3 Å². The third-order valence-corrected chi connectivity index (χ3v) is 5.21. The average molecular weight is 559 g/mol.